The van der Waals surface area contributed by atoms with Gasteiger partial charge in [0.25, 0.3) is 0 Å². The average Bonchev–Trinajstić information content (AvgIpc) is 2.81. The Labute approximate surface area is 110 Å². The van der Waals surface area contributed by atoms with Gasteiger partial charge in [0.2, 0.25) is 5.91 Å². The van der Waals surface area contributed by atoms with Crippen molar-refractivity contribution >= 4 is 28.4 Å². The number of aromatic nitrogens is 1. The van der Waals surface area contributed by atoms with Crippen LogP contribution >= 0.6 is 11.6 Å². The van der Waals surface area contributed by atoms with Crippen molar-refractivity contribution in [3.05, 3.63) is 30.0 Å². The highest BCUT2D eigenvalue weighted by molar-refractivity contribution is 6.27. The lowest BCUT2D eigenvalue weighted by molar-refractivity contribution is -0.118. The maximum Gasteiger partial charge on any atom is 0.234 e. The first-order valence-electron chi connectivity index (χ1n) is 5.71. The number of benzene rings is 1. The Bertz CT molecular complexity index is 551. The van der Waals surface area contributed by atoms with Gasteiger partial charge in [-0.15, -0.1) is 11.6 Å². The van der Waals surface area contributed by atoms with Gasteiger partial charge in [-0.3, -0.25) is 4.79 Å². The van der Waals surface area contributed by atoms with Gasteiger partial charge >= 0.3 is 0 Å². The van der Waals surface area contributed by atoms with Gasteiger partial charge in [-0.2, -0.15) is 0 Å². The largest absolute Gasteiger partial charge is 0.497 e. The first-order valence-corrected chi connectivity index (χ1v) is 6.24. The van der Waals surface area contributed by atoms with E-state index in [1.807, 2.05) is 24.4 Å². The number of nitrogens with one attached hydrogen (secondary N) is 2. The summed E-state index contributed by atoms with van der Waals surface area (Å²) in [6.07, 6.45) is 2.73. The van der Waals surface area contributed by atoms with Crippen molar-refractivity contribution in [2.45, 2.75) is 6.42 Å². The zero-order chi connectivity index (χ0) is 13.0. The molecule has 1 heterocycles. The number of amides is 1. The van der Waals surface area contributed by atoms with E-state index >= 15 is 0 Å². The molecule has 1 amide bonds. The minimum Gasteiger partial charge on any atom is -0.497 e. The van der Waals surface area contributed by atoms with Gasteiger partial charge in [0.1, 0.15) is 11.6 Å². The number of alkyl halides is 1. The summed E-state index contributed by atoms with van der Waals surface area (Å²) < 4.78 is 5.17. The zero-order valence-corrected chi connectivity index (χ0v) is 10.9. The van der Waals surface area contributed by atoms with Crippen molar-refractivity contribution in [1.82, 2.24) is 10.3 Å². The van der Waals surface area contributed by atoms with Crippen LogP contribution in [-0.4, -0.2) is 30.4 Å². The van der Waals surface area contributed by atoms with E-state index in [2.05, 4.69) is 10.3 Å². The molecule has 0 bridgehead atoms. The summed E-state index contributed by atoms with van der Waals surface area (Å²) >= 11 is 5.41. The van der Waals surface area contributed by atoms with Gasteiger partial charge in [0.15, 0.2) is 0 Å². The highest BCUT2D eigenvalue weighted by atomic mass is 35.5. The molecule has 0 aliphatic rings. The number of methoxy groups -OCH3 is 1. The molecular formula is C13H15ClN2O2. The lowest BCUT2D eigenvalue weighted by Gasteiger charge is -2.03. The number of ether oxygens (including phenoxy) is 1. The first-order chi connectivity index (χ1) is 8.74. The molecule has 2 N–H and O–H groups in total. The lowest BCUT2D eigenvalue weighted by atomic mass is 10.1. The maximum atomic E-state index is 11.0. The van der Waals surface area contributed by atoms with Gasteiger partial charge in [0.05, 0.1) is 7.11 Å². The Kier molecular flexibility index (Phi) is 4.10. The summed E-state index contributed by atoms with van der Waals surface area (Å²) in [5.41, 5.74) is 2.20. The van der Waals surface area contributed by atoms with Crippen LogP contribution in [0.2, 0.25) is 0 Å². The Hall–Kier alpha value is -1.68. The fourth-order valence-electron chi connectivity index (χ4n) is 1.88. The molecule has 0 radical (unpaired) electrons. The van der Waals surface area contributed by atoms with Crippen LogP contribution in [0, 0.1) is 0 Å². The van der Waals surface area contributed by atoms with Gasteiger partial charge in [-0.05, 0) is 24.1 Å². The molecule has 0 saturated carbocycles. The fourth-order valence-corrected chi connectivity index (χ4v) is 1.98. The summed E-state index contributed by atoms with van der Waals surface area (Å²) in [6, 6.07) is 5.90. The number of aromatic amines is 1. The molecule has 2 rings (SSSR count). The lowest BCUT2D eigenvalue weighted by Crippen LogP contribution is -2.26. The van der Waals surface area contributed by atoms with Crippen molar-refractivity contribution < 1.29 is 9.53 Å². The van der Waals surface area contributed by atoms with Crippen LogP contribution in [0.25, 0.3) is 10.9 Å². The van der Waals surface area contributed by atoms with Crippen molar-refractivity contribution in [2.75, 3.05) is 19.5 Å². The molecule has 0 atom stereocenters. The van der Waals surface area contributed by atoms with Gasteiger partial charge < -0.3 is 15.0 Å². The van der Waals surface area contributed by atoms with Crippen LogP contribution in [0.15, 0.2) is 24.4 Å². The topological polar surface area (TPSA) is 54.1 Å². The van der Waals surface area contributed by atoms with Crippen LogP contribution in [0.3, 0.4) is 0 Å². The van der Waals surface area contributed by atoms with E-state index in [-0.39, 0.29) is 11.8 Å². The van der Waals surface area contributed by atoms with E-state index < -0.39 is 0 Å². The molecule has 0 unspecified atom stereocenters. The van der Waals surface area contributed by atoms with E-state index in [1.165, 1.54) is 5.56 Å². The Morgan fingerprint density at radius 2 is 2.33 bits per heavy atom. The Morgan fingerprint density at radius 1 is 1.50 bits per heavy atom. The molecule has 5 heteroatoms. The number of hydrogen-bond acceptors (Lipinski definition) is 2. The van der Waals surface area contributed by atoms with Gasteiger partial charge in [0, 0.05) is 29.7 Å². The number of halogens is 1. The third-order valence-corrected chi connectivity index (χ3v) is 3.06. The molecule has 0 fully saturated rings. The summed E-state index contributed by atoms with van der Waals surface area (Å²) in [5, 5.41) is 3.90. The monoisotopic (exact) mass is 266 g/mol. The SMILES string of the molecule is COc1ccc2c(CCNC(=O)CCl)c[nH]c2c1. The number of carbonyl (C=O) groups excluding carboxylic acids is 1. The predicted molar refractivity (Wildman–Crippen MR) is 72.3 cm³/mol. The van der Waals surface area contributed by atoms with Crippen LogP contribution in [0.4, 0.5) is 0 Å². The third kappa shape index (κ3) is 2.76. The summed E-state index contributed by atoms with van der Waals surface area (Å²) in [7, 11) is 1.65. The van der Waals surface area contributed by atoms with E-state index in [0.29, 0.717) is 6.54 Å². The molecule has 2 aromatic rings. The maximum absolute atomic E-state index is 11.0. The van der Waals surface area contributed by atoms with Crippen molar-refractivity contribution in [3.8, 4) is 5.75 Å². The highest BCUT2D eigenvalue weighted by Crippen LogP contribution is 2.23. The standard InChI is InChI=1S/C13H15ClN2O2/c1-18-10-2-3-11-9(8-16-12(11)6-10)4-5-15-13(17)7-14/h2-3,6,8,16H,4-5,7H2,1H3,(H,15,17). The normalized spacial score (nSPS) is 10.6. The Balaban J connectivity index is 2.07. The molecule has 0 aliphatic carbocycles. The molecule has 18 heavy (non-hydrogen) atoms. The molecule has 4 nitrogen and oxygen atoms in total. The van der Waals surface area contributed by atoms with Crippen molar-refractivity contribution in [1.29, 1.82) is 0 Å². The smallest absolute Gasteiger partial charge is 0.234 e. The van der Waals surface area contributed by atoms with Gasteiger partial charge in [-0.25, -0.2) is 0 Å². The molecule has 1 aromatic carbocycles. The number of H-pyrrole nitrogens is 1. The second kappa shape index (κ2) is 5.78. The highest BCUT2D eigenvalue weighted by Gasteiger charge is 2.05. The van der Waals surface area contributed by atoms with Crippen LogP contribution < -0.4 is 10.1 Å². The number of hydrogen-bond donors (Lipinski definition) is 2. The fraction of sp³-hybridized carbons (Fsp3) is 0.308. The number of carbonyl (C=O) groups is 1. The zero-order valence-electron chi connectivity index (χ0n) is 10.1. The summed E-state index contributed by atoms with van der Waals surface area (Å²) in [6.45, 7) is 0.588. The average molecular weight is 267 g/mol. The minimum atomic E-state index is -0.141. The minimum absolute atomic E-state index is 0.00504. The van der Waals surface area contributed by atoms with Crippen LogP contribution in [0.1, 0.15) is 5.56 Å². The van der Waals surface area contributed by atoms with Crippen molar-refractivity contribution in [3.63, 3.8) is 0 Å². The van der Waals surface area contributed by atoms with Crippen molar-refractivity contribution in [2.24, 2.45) is 0 Å². The number of fused-ring (bicyclic) bond motifs is 1. The van der Waals surface area contributed by atoms with Crippen LogP contribution in [-0.2, 0) is 11.2 Å². The molecule has 0 spiro atoms. The quantitative estimate of drug-likeness (QED) is 0.814. The second-order valence-corrected chi connectivity index (χ2v) is 4.23. The number of rotatable bonds is 5. The molecule has 0 saturated heterocycles. The van der Waals surface area contributed by atoms with E-state index in [9.17, 15) is 4.79 Å². The first kappa shape index (κ1) is 12.8. The Morgan fingerprint density at radius 3 is 3.06 bits per heavy atom. The van der Waals surface area contributed by atoms with Crippen LogP contribution in [0.5, 0.6) is 5.75 Å². The molecule has 1 aromatic heterocycles. The van der Waals surface area contributed by atoms with E-state index in [1.54, 1.807) is 7.11 Å². The van der Waals surface area contributed by atoms with Gasteiger partial charge in [-0.1, -0.05) is 0 Å². The van der Waals surface area contributed by atoms with E-state index in [4.69, 9.17) is 16.3 Å². The molecule has 0 aliphatic heterocycles. The second-order valence-electron chi connectivity index (χ2n) is 3.96. The molecular weight excluding hydrogens is 252 g/mol. The summed E-state index contributed by atoms with van der Waals surface area (Å²) in [5.74, 6) is 0.690. The van der Waals surface area contributed by atoms with E-state index in [0.717, 1.165) is 23.1 Å². The summed E-state index contributed by atoms with van der Waals surface area (Å²) in [4.78, 5) is 14.2. The molecule has 96 valence electrons. The third-order valence-electron chi connectivity index (χ3n) is 2.81. The predicted octanol–water partition coefficient (Wildman–Crippen LogP) is 2.07.